The molecule has 1 heterocycles. The minimum absolute atomic E-state index is 0.0206. The first-order valence-electron chi connectivity index (χ1n) is 15.2. The summed E-state index contributed by atoms with van der Waals surface area (Å²) in [6.07, 6.45) is 11.2. The van der Waals surface area contributed by atoms with Crippen molar-refractivity contribution in [2.75, 3.05) is 6.61 Å². The van der Waals surface area contributed by atoms with E-state index in [0.29, 0.717) is 28.6 Å². The fraction of sp³-hybridized carbons (Fsp3) is 1.00. The molecule has 0 radical (unpaired) electrons. The van der Waals surface area contributed by atoms with Gasteiger partial charge in [-0.15, -0.1) is 0 Å². The second kappa shape index (κ2) is 7.09. The Balaban J connectivity index is 1.43. The molecule has 1 N–H and O–H groups in total. The van der Waals surface area contributed by atoms with Crippen LogP contribution in [-0.4, -0.2) is 35.1 Å². The highest BCUT2D eigenvalue weighted by atomic mass is 16.7. The Kier molecular flexibility index (Phi) is 5.10. The van der Waals surface area contributed by atoms with Gasteiger partial charge in [-0.1, -0.05) is 55.4 Å². The van der Waals surface area contributed by atoms with Crippen molar-refractivity contribution in [3.63, 3.8) is 0 Å². The number of aliphatic hydroxyl groups is 1. The van der Waals surface area contributed by atoms with E-state index in [1.54, 1.807) is 0 Å². The van der Waals surface area contributed by atoms with Crippen molar-refractivity contribution in [3.8, 4) is 0 Å². The minimum atomic E-state index is -0.151. The van der Waals surface area contributed by atoms with Gasteiger partial charge in [-0.3, -0.25) is 0 Å². The molecule has 3 heteroatoms. The van der Waals surface area contributed by atoms with Crippen molar-refractivity contribution in [2.45, 2.75) is 144 Å². The number of rotatable bonds is 3. The minimum Gasteiger partial charge on any atom is -0.393 e. The van der Waals surface area contributed by atoms with E-state index in [-0.39, 0.29) is 39.7 Å². The van der Waals surface area contributed by atoms with Crippen LogP contribution in [0.25, 0.3) is 0 Å². The van der Waals surface area contributed by atoms with Crippen LogP contribution in [0.2, 0.25) is 0 Å². The molecule has 5 saturated carbocycles. The summed E-state index contributed by atoms with van der Waals surface area (Å²) in [6.45, 7) is 23.1. The molecule has 0 aromatic rings. The monoisotopic (exact) mass is 486 g/mol. The molecule has 0 aromatic heterocycles. The predicted molar refractivity (Wildman–Crippen MR) is 141 cm³/mol. The molecule has 35 heavy (non-hydrogen) atoms. The van der Waals surface area contributed by atoms with Crippen LogP contribution in [0.4, 0.5) is 0 Å². The third kappa shape index (κ3) is 2.52. The third-order valence-electron chi connectivity index (χ3n) is 14.8. The second-order valence-electron chi connectivity index (χ2n) is 15.9. The maximum Gasteiger partial charge on any atom is 0.130 e. The molecule has 5 aliphatic carbocycles. The van der Waals surface area contributed by atoms with Gasteiger partial charge in [-0.2, -0.15) is 0 Å². The first-order chi connectivity index (χ1) is 16.2. The lowest BCUT2D eigenvalue weighted by atomic mass is 9.31. The summed E-state index contributed by atoms with van der Waals surface area (Å²) in [4.78, 5) is 0. The molecule has 11 atom stereocenters. The summed E-state index contributed by atoms with van der Waals surface area (Å²) in [5.41, 5.74) is 1.10. The van der Waals surface area contributed by atoms with Gasteiger partial charge in [0.15, 0.2) is 0 Å². The maximum absolute atomic E-state index is 11.0. The van der Waals surface area contributed by atoms with Crippen LogP contribution in [0.15, 0.2) is 0 Å². The van der Waals surface area contributed by atoms with Crippen molar-refractivity contribution >= 4 is 0 Å². The summed E-state index contributed by atoms with van der Waals surface area (Å²) in [5, 5.41) is 11.0. The van der Waals surface area contributed by atoms with Crippen LogP contribution < -0.4 is 0 Å². The number of fused-ring (bicyclic) bond motifs is 6. The van der Waals surface area contributed by atoms with E-state index in [2.05, 4.69) is 62.3 Å². The zero-order valence-electron chi connectivity index (χ0n) is 24.3. The van der Waals surface area contributed by atoms with E-state index in [1.807, 2.05) is 0 Å². The molecule has 6 rings (SSSR count). The van der Waals surface area contributed by atoms with E-state index in [9.17, 15) is 5.11 Å². The summed E-state index contributed by atoms with van der Waals surface area (Å²) in [5.74, 6) is 2.61. The zero-order valence-corrected chi connectivity index (χ0v) is 24.3. The molecule has 11 unspecified atom stereocenters. The Morgan fingerprint density at radius 3 is 2.11 bits per heavy atom. The third-order valence-corrected chi connectivity index (χ3v) is 14.8. The second-order valence-corrected chi connectivity index (χ2v) is 15.9. The highest BCUT2D eigenvalue weighted by Gasteiger charge is 2.89. The number of hydrogen-bond acceptors (Lipinski definition) is 3. The van der Waals surface area contributed by atoms with Crippen LogP contribution >= 0.6 is 0 Å². The van der Waals surface area contributed by atoms with Crippen molar-refractivity contribution in [1.29, 1.82) is 0 Å². The molecule has 1 saturated heterocycles. The molecule has 1 spiro atoms. The van der Waals surface area contributed by atoms with Crippen molar-refractivity contribution < 1.29 is 14.6 Å². The van der Waals surface area contributed by atoms with E-state index >= 15 is 0 Å². The van der Waals surface area contributed by atoms with E-state index in [4.69, 9.17) is 9.47 Å². The number of aliphatic hydroxyl groups excluding tert-OH is 1. The van der Waals surface area contributed by atoms with Gasteiger partial charge >= 0.3 is 0 Å². The maximum atomic E-state index is 11.0. The van der Waals surface area contributed by atoms with Crippen LogP contribution in [0.1, 0.15) is 120 Å². The average molecular weight is 487 g/mol. The summed E-state index contributed by atoms with van der Waals surface area (Å²) in [7, 11) is 0. The highest BCUT2D eigenvalue weighted by molar-refractivity contribution is 5.37. The van der Waals surface area contributed by atoms with Gasteiger partial charge in [0.05, 0.1) is 12.2 Å². The molecule has 6 fully saturated rings. The molecule has 0 amide bonds. The lowest BCUT2D eigenvalue weighted by Crippen LogP contribution is -2.70. The van der Waals surface area contributed by atoms with Crippen LogP contribution in [0.5, 0.6) is 0 Å². The van der Waals surface area contributed by atoms with Gasteiger partial charge in [-0.25, -0.2) is 0 Å². The molecule has 0 aromatic carbocycles. The Morgan fingerprint density at radius 2 is 1.49 bits per heavy atom. The van der Waals surface area contributed by atoms with E-state index in [0.717, 1.165) is 25.4 Å². The summed E-state index contributed by atoms with van der Waals surface area (Å²) in [6, 6.07) is 0. The topological polar surface area (TPSA) is 42.0 Å². The van der Waals surface area contributed by atoms with Gasteiger partial charge in [0.1, 0.15) is 11.2 Å². The Hall–Kier alpha value is -0.120. The lowest BCUT2D eigenvalue weighted by Gasteiger charge is -2.73. The zero-order chi connectivity index (χ0) is 25.4. The largest absolute Gasteiger partial charge is 0.393 e. The van der Waals surface area contributed by atoms with Gasteiger partial charge in [0.25, 0.3) is 0 Å². The lowest BCUT2D eigenvalue weighted by molar-refractivity contribution is -0.272. The van der Waals surface area contributed by atoms with Gasteiger partial charge in [0.2, 0.25) is 0 Å². The van der Waals surface area contributed by atoms with Crippen LogP contribution in [0.3, 0.4) is 0 Å². The molecular weight excluding hydrogens is 432 g/mol. The van der Waals surface area contributed by atoms with E-state index in [1.165, 1.54) is 44.9 Å². The first kappa shape index (κ1) is 25.2. The number of hydrogen-bond donors (Lipinski definition) is 1. The standard InChI is InChI=1S/C32H54O3/c1-10-34-25-19-30(9)23(29(8)17-18-31(20(2)3)32(25,29)35-31)12-11-22-27(6)15-14-24(33)26(4,5)21(27)13-16-28(22,30)7/h20-25,33H,10-19H2,1-9H3. The Morgan fingerprint density at radius 1 is 0.800 bits per heavy atom. The van der Waals surface area contributed by atoms with Gasteiger partial charge in [0, 0.05) is 12.0 Å². The van der Waals surface area contributed by atoms with Crippen LogP contribution in [0, 0.1) is 50.7 Å². The smallest absolute Gasteiger partial charge is 0.130 e. The van der Waals surface area contributed by atoms with Crippen molar-refractivity contribution in [1.82, 2.24) is 0 Å². The predicted octanol–water partition coefficient (Wildman–Crippen LogP) is 7.40. The van der Waals surface area contributed by atoms with Crippen molar-refractivity contribution in [2.24, 2.45) is 50.7 Å². The Bertz CT molecular complexity index is 897. The molecule has 1 aliphatic heterocycles. The van der Waals surface area contributed by atoms with Crippen LogP contribution in [-0.2, 0) is 9.47 Å². The van der Waals surface area contributed by atoms with Crippen molar-refractivity contribution in [3.05, 3.63) is 0 Å². The quantitative estimate of drug-likeness (QED) is 0.423. The van der Waals surface area contributed by atoms with Gasteiger partial charge in [-0.05, 0) is 110 Å². The van der Waals surface area contributed by atoms with Gasteiger partial charge < -0.3 is 14.6 Å². The van der Waals surface area contributed by atoms with E-state index < -0.39 is 0 Å². The number of ether oxygens (including phenoxy) is 2. The molecule has 3 nitrogen and oxygen atoms in total. The Labute approximate surface area is 215 Å². The molecule has 6 aliphatic rings. The highest BCUT2D eigenvalue weighted by Crippen LogP contribution is 2.84. The summed E-state index contributed by atoms with van der Waals surface area (Å²) >= 11 is 0. The fourth-order valence-electron chi connectivity index (χ4n) is 12.9. The first-order valence-corrected chi connectivity index (χ1v) is 15.2. The number of epoxide rings is 1. The average Bonchev–Trinajstić information content (AvgIpc) is 3.40. The SMILES string of the molecule is CCOC1CC2(C)C(CCC3C4(C)CCC(O)C(C)(C)C4CCC32C)C2(C)CCC3(C(C)C)OC123. The molecule has 200 valence electrons. The fourth-order valence-corrected chi connectivity index (χ4v) is 12.9. The molecular formula is C32H54O3. The normalized spacial score (nSPS) is 60.3. The summed E-state index contributed by atoms with van der Waals surface area (Å²) < 4.78 is 13.8. The molecule has 0 bridgehead atoms.